The fourth-order valence-corrected chi connectivity index (χ4v) is 2.21. The Morgan fingerprint density at radius 3 is 2.40 bits per heavy atom. The second kappa shape index (κ2) is 5.86. The zero-order valence-electron chi connectivity index (χ0n) is 10.6. The van der Waals surface area contributed by atoms with E-state index in [1.807, 2.05) is 0 Å². The monoisotopic (exact) mass is 213 g/mol. The van der Waals surface area contributed by atoms with E-state index in [0.717, 1.165) is 37.7 Å². The third kappa shape index (κ3) is 4.12. The summed E-state index contributed by atoms with van der Waals surface area (Å²) in [7, 11) is 0. The Labute approximate surface area is 94.6 Å². The molecule has 1 rings (SSSR count). The SMILES string of the molecule is CC(C)CCOC1(CN)CCC(C)CC1. The molecule has 0 aromatic heterocycles. The molecule has 1 fully saturated rings. The summed E-state index contributed by atoms with van der Waals surface area (Å²) in [5, 5.41) is 0. The van der Waals surface area contributed by atoms with Gasteiger partial charge < -0.3 is 10.5 Å². The van der Waals surface area contributed by atoms with Crippen LogP contribution in [-0.4, -0.2) is 18.8 Å². The van der Waals surface area contributed by atoms with Gasteiger partial charge in [0.1, 0.15) is 0 Å². The number of hydrogen-bond donors (Lipinski definition) is 1. The average Bonchev–Trinajstić information content (AvgIpc) is 2.21. The van der Waals surface area contributed by atoms with Crippen LogP contribution < -0.4 is 5.73 Å². The minimum absolute atomic E-state index is 0.0153. The van der Waals surface area contributed by atoms with E-state index in [9.17, 15) is 0 Å². The first-order valence-corrected chi connectivity index (χ1v) is 6.42. The molecule has 2 nitrogen and oxygen atoms in total. The molecule has 0 bridgehead atoms. The topological polar surface area (TPSA) is 35.2 Å². The van der Waals surface area contributed by atoms with Crippen molar-refractivity contribution >= 4 is 0 Å². The molecule has 0 amide bonds. The molecule has 0 atom stereocenters. The Hall–Kier alpha value is -0.0800. The van der Waals surface area contributed by atoms with E-state index in [1.165, 1.54) is 12.8 Å². The van der Waals surface area contributed by atoms with Crippen molar-refractivity contribution in [1.29, 1.82) is 0 Å². The standard InChI is InChI=1S/C13H27NO/c1-11(2)6-9-15-13(10-14)7-4-12(3)5-8-13/h11-12H,4-10,14H2,1-3H3. The molecule has 15 heavy (non-hydrogen) atoms. The number of rotatable bonds is 5. The normalized spacial score (nSPS) is 32.2. The molecule has 0 aromatic rings. The highest BCUT2D eigenvalue weighted by atomic mass is 16.5. The zero-order valence-corrected chi connectivity index (χ0v) is 10.6. The smallest absolute Gasteiger partial charge is 0.0804 e. The summed E-state index contributed by atoms with van der Waals surface area (Å²) in [6, 6.07) is 0. The summed E-state index contributed by atoms with van der Waals surface area (Å²) in [5.74, 6) is 1.58. The Bertz CT molecular complexity index is 171. The van der Waals surface area contributed by atoms with Crippen molar-refractivity contribution < 1.29 is 4.74 Å². The lowest BCUT2D eigenvalue weighted by atomic mass is 9.79. The lowest BCUT2D eigenvalue weighted by molar-refractivity contribution is -0.0731. The highest BCUT2D eigenvalue weighted by Gasteiger charge is 2.33. The maximum absolute atomic E-state index is 6.05. The summed E-state index contributed by atoms with van der Waals surface area (Å²) in [4.78, 5) is 0. The number of nitrogens with two attached hydrogens (primary N) is 1. The van der Waals surface area contributed by atoms with E-state index in [2.05, 4.69) is 20.8 Å². The first-order valence-electron chi connectivity index (χ1n) is 6.42. The molecular weight excluding hydrogens is 186 g/mol. The van der Waals surface area contributed by atoms with Gasteiger partial charge in [0.2, 0.25) is 0 Å². The van der Waals surface area contributed by atoms with Crippen LogP contribution in [0.4, 0.5) is 0 Å². The van der Waals surface area contributed by atoms with Gasteiger partial charge in [0.15, 0.2) is 0 Å². The molecule has 90 valence electrons. The molecular formula is C13H27NO. The Morgan fingerprint density at radius 2 is 1.93 bits per heavy atom. The van der Waals surface area contributed by atoms with Gasteiger partial charge in [0, 0.05) is 13.2 Å². The summed E-state index contributed by atoms with van der Waals surface area (Å²) in [5.41, 5.74) is 5.89. The van der Waals surface area contributed by atoms with Crippen LogP contribution >= 0.6 is 0 Å². The fourth-order valence-electron chi connectivity index (χ4n) is 2.21. The van der Waals surface area contributed by atoms with Gasteiger partial charge >= 0.3 is 0 Å². The lowest BCUT2D eigenvalue weighted by Crippen LogP contribution is -2.44. The Balaban J connectivity index is 2.33. The second-order valence-corrected chi connectivity index (χ2v) is 5.60. The molecule has 0 unspecified atom stereocenters. The molecule has 0 aliphatic heterocycles. The van der Waals surface area contributed by atoms with Gasteiger partial charge in [-0.05, 0) is 43.9 Å². The molecule has 0 aromatic carbocycles. The largest absolute Gasteiger partial charge is 0.374 e. The van der Waals surface area contributed by atoms with Gasteiger partial charge in [-0.3, -0.25) is 0 Å². The van der Waals surface area contributed by atoms with E-state index in [0.29, 0.717) is 6.54 Å². The predicted molar refractivity (Wildman–Crippen MR) is 64.8 cm³/mol. The maximum atomic E-state index is 6.05. The van der Waals surface area contributed by atoms with E-state index in [4.69, 9.17) is 10.5 Å². The van der Waals surface area contributed by atoms with Gasteiger partial charge in [0.25, 0.3) is 0 Å². The summed E-state index contributed by atoms with van der Waals surface area (Å²) >= 11 is 0. The fraction of sp³-hybridized carbons (Fsp3) is 1.00. The highest BCUT2D eigenvalue weighted by Crippen LogP contribution is 2.34. The zero-order chi connectivity index (χ0) is 11.3. The number of hydrogen-bond acceptors (Lipinski definition) is 2. The van der Waals surface area contributed by atoms with Gasteiger partial charge in [-0.25, -0.2) is 0 Å². The van der Waals surface area contributed by atoms with Gasteiger partial charge in [0.05, 0.1) is 5.60 Å². The second-order valence-electron chi connectivity index (χ2n) is 5.60. The van der Waals surface area contributed by atoms with E-state index < -0.39 is 0 Å². The van der Waals surface area contributed by atoms with Crippen LogP contribution in [0.1, 0.15) is 52.9 Å². The third-order valence-electron chi connectivity index (χ3n) is 3.66. The molecule has 1 aliphatic carbocycles. The first-order chi connectivity index (χ1) is 7.08. The van der Waals surface area contributed by atoms with Gasteiger partial charge in [-0.15, -0.1) is 0 Å². The molecule has 0 radical (unpaired) electrons. The van der Waals surface area contributed by atoms with E-state index in [1.54, 1.807) is 0 Å². The molecule has 0 heterocycles. The molecule has 0 saturated heterocycles. The van der Waals surface area contributed by atoms with E-state index >= 15 is 0 Å². The summed E-state index contributed by atoms with van der Waals surface area (Å²) in [6.45, 7) is 8.37. The quantitative estimate of drug-likeness (QED) is 0.762. The summed E-state index contributed by atoms with van der Waals surface area (Å²) in [6.07, 6.45) is 6.01. The maximum Gasteiger partial charge on any atom is 0.0804 e. The van der Waals surface area contributed by atoms with Gasteiger partial charge in [-0.2, -0.15) is 0 Å². The van der Waals surface area contributed by atoms with Crippen LogP contribution in [0.3, 0.4) is 0 Å². The van der Waals surface area contributed by atoms with Crippen molar-refractivity contribution in [2.24, 2.45) is 17.6 Å². The van der Waals surface area contributed by atoms with Crippen LogP contribution in [0.25, 0.3) is 0 Å². The van der Waals surface area contributed by atoms with Crippen molar-refractivity contribution in [3.05, 3.63) is 0 Å². The molecule has 2 heteroatoms. The highest BCUT2D eigenvalue weighted by molar-refractivity contribution is 4.87. The molecule has 0 spiro atoms. The average molecular weight is 213 g/mol. The van der Waals surface area contributed by atoms with Crippen LogP contribution in [0.2, 0.25) is 0 Å². The van der Waals surface area contributed by atoms with Crippen molar-refractivity contribution in [3.63, 3.8) is 0 Å². The minimum Gasteiger partial charge on any atom is -0.374 e. The van der Waals surface area contributed by atoms with Crippen LogP contribution in [0, 0.1) is 11.8 Å². The Morgan fingerprint density at radius 1 is 1.33 bits per heavy atom. The van der Waals surface area contributed by atoms with Gasteiger partial charge in [-0.1, -0.05) is 20.8 Å². The predicted octanol–water partition coefficient (Wildman–Crippen LogP) is 2.96. The Kier molecular flexibility index (Phi) is 5.07. The van der Waals surface area contributed by atoms with Crippen LogP contribution in [0.15, 0.2) is 0 Å². The third-order valence-corrected chi connectivity index (χ3v) is 3.66. The first kappa shape index (κ1) is 13.0. The van der Waals surface area contributed by atoms with E-state index in [-0.39, 0.29) is 5.60 Å². The molecule has 1 aliphatic rings. The van der Waals surface area contributed by atoms with Crippen molar-refractivity contribution in [1.82, 2.24) is 0 Å². The van der Waals surface area contributed by atoms with Crippen LogP contribution in [-0.2, 0) is 4.74 Å². The van der Waals surface area contributed by atoms with Crippen molar-refractivity contribution in [2.45, 2.75) is 58.5 Å². The molecule has 2 N–H and O–H groups in total. The van der Waals surface area contributed by atoms with Crippen molar-refractivity contribution in [3.8, 4) is 0 Å². The molecule has 1 saturated carbocycles. The summed E-state index contributed by atoms with van der Waals surface area (Å²) < 4.78 is 6.05. The van der Waals surface area contributed by atoms with Crippen LogP contribution in [0.5, 0.6) is 0 Å². The number of ether oxygens (including phenoxy) is 1. The minimum atomic E-state index is 0.0153. The van der Waals surface area contributed by atoms with Crippen molar-refractivity contribution in [2.75, 3.05) is 13.2 Å². The lowest BCUT2D eigenvalue weighted by Gasteiger charge is -2.38.